The smallest absolute Gasteiger partial charge is 0.203 e. The van der Waals surface area contributed by atoms with Gasteiger partial charge in [-0.1, -0.05) is 30.3 Å². The van der Waals surface area contributed by atoms with Crippen LogP contribution in [0.15, 0.2) is 30.3 Å². The van der Waals surface area contributed by atoms with Crippen LogP contribution in [0.4, 0.5) is 0 Å². The van der Waals surface area contributed by atoms with Crippen molar-refractivity contribution in [2.75, 3.05) is 5.75 Å². The van der Waals surface area contributed by atoms with E-state index < -0.39 is 20.5 Å². The summed E-state index contributed by atoms with van der Waals surface area (Å²) in [6.07, 6.45) is 2.27. The van der Waals surface area contributed by atoms with Crippen LogP contribution in [0.1, 0.15) is 26.3 Å². The topological polar surface area (TPSA) is 51.2 Å². The summed E-state index contributed by atoms with van der Waals surface area (Å²) in [5, 5.41) is 0. The summed E-state index contributed by atoms with van der Waals surface area (Å²) in [6, 6.07) is 9.39. The Balaban J connectivity index is 2.79. The van der Waals surface area contributed by atoms with E-state index in [1.165, 1.54) is 0 Å². The molecule has 0 aliphatic heterocycles. The Morgan fingerprint density at radius 1 is 1.17 bits per heavy atom. The van der Waals surface area contributed by atoms with Crippen LogP contribution in [0.5, 0.6) is 0 Å². The minimum Gasteiger partial charge on any atom is -0.291 e. The third-order valence-electron chi connectivity index (χ3n) is 2.85. The fraction of sp³-hybridized carbons (Fsp3) is 0.500. The second-order valence-corrected chi connectivity index (χ2v) is 8.19. The van der Waals surface area contributed by atoms with Gasteiger partial charge in [0.15, 0.2) is 9.84 Å². The van der Waals surface area contributed by atoms with Gasteiger partial charge in [0.1, 0.15) is 0 Å². The highest BCUT2D eigenvalue weighted by molar-refractivity contribution is 7.92. The van der Waals surface area contributed by atoms with E-state index in [1.807, 2.05) is 36.6 Å². The van der Waals surface area contributed by atoms with Crippen LogP contribution >= 0.6 is 0 Å². The molecular formula is C14H19O3S. The lowest BCUT2D eigenvalue weighted by molar-refractivity contribution is 0.517. The summed E-state index contributed by atoms with van der Waals surface area (Å²) in [5.41, 5.74) is 0.954. The van der Waals surface area contributed by atoms with Crippen LogP contribution in [-0.4, -0.2) is 25.2 Å². The summed E-state index contributed by atoms with van der Waals surface area (Å²) >= 11 is 0. The molecule has 0 unspecified atom stereocenters. The Labute approximate surface area is 109 Å². The molecule has 0 aliphatic rings. The number of rotatable bonds is 5. The van der Waals surface area contributed by atoms with Crippen molar-refractivity contribution >= 4 is 16.1 Å². The number of sulfone groups is 1. The maximum atomic E-state index is 12.0. The van der Waals surface area contributed by atoms with E-state index in [2.05, 4.69) is 0 Å². The molecule has 3 nitrogen and oxygen atoms in total. The summed E-state index contributed by atoms with van der Waals surface area (Å²) in [4.78, 5) is 10.9. The maximum absolute atomic E-state index is 12.0. The zero-order valence-electron chi connectivity index (χ0n) is 11.0. The van der Waals surface area contributed by atoms with Crippen LogP contribution < -0.4 is 0 Å². The van der Waals surface area contributed by atoms with E-state index in [-0.39, 0.29) is 5.75 Å². The lowest BCUT2D eigenvalue weighted by Crippen LogP contribution is -2.34. The Morgan fingerprint density at radius 3 is 2.17 bits per heavy atom. The van der Waals surface area contributed by atoms with Gasteiger partial charge in [-0.25, -0.2) is 8.42 Å². The zero-order valence-corrected chi connectivity index (χ0v) is 11.8. The van der Waals surface area contributed by atoms with Gasteiger partial charge < -0.3 is 0 Å². The molecule has 18 heavy (non-hydrogen) atoms. The quantitative estimate of drug-likeness (QED) is 0.821. The Morgan fingerprint density at radius 2 is 1.72 bits per heavy atom. The minimum absolute atomic E-state index is 0.144. The summed E-state index contributed by atoms with van der Waals surface area (Å²) < 4.78 is 23.2. The first-order valence-corrected chi connectivity index (χ1v) is 7.55. The first kappa shape index (κ1) is 14.9. The predicted octanol–water partition coefficient (Wildman–Crippen LogP) is 2.17. The highest BCUT2D eigenvalue weighted by Crippen LogP contribution is 2.20. The lowest BCUT2D eigenvalue weighted by Gasteiger charge is -2.21. The van der Waals surface area contributed by atoms with E-state index in [0.717, 1.165) is 5.56 Å². The normalized spacial score (nSPS) is 14.2. The van der Waals surface area contributed by atoms with Gasteiger partial charge >= 0.3 is 0 Å². The first-order chi connectivity index (χ1) is 8.26. The molecule has 0 saturated heterocycles. The molecular weight excluding hydrogens is 248 g/mol. The first-order valence-electron chi connectivity index (χ1n) is 5.90. The molecule has 0 fully saturated rings. The molecule has 0 amide bonds. The molecule has 4 heteroatoms. The van der Waals surface area contributed by atoms with Crippen molar-refractivity contribution in [3.05, 3.63) is 35.9 Å². The van der Waals surface area contributed by atoms with Gasteiger partial charge in [-0.3, -0.25) is 4.79 Å². The van der Waals surface area contributed by atoms with E-state index in [4.69, 9.17) is 0 Å². The highest BCUT2D eigenvalue weighted by Gasteiger charge is 2.31. The fourth-order valence-corrected chi connectivity index (χ4v) is 2.76. The summed E-state index contributed by atoms with van der Waals surface area (Å²) in [7, 11) is -3.29. The molecule has 0 aliphatic carbocycles. The van der Waals surface area contributed by atoms with Gasteiger partial charge in [-0.05, 0) is 32.8 Å². The van der Waals surface area contributed by atoms with E-state index in [0.29, 0.717) is 6.42 Å². The number of benzene rings is 1. The Kier molecular flexibility index (Phi) is 4.68. The van der Waals surface area contributed by atoms with Crippen molar-refractivity contribution < 1.29 is 13.2 Å². The molecule has 0 saturated carbocycles. The van der Waals surface area contributed by atoms with Crippen molar-refractivity contribution in [1.29, 1.82) is 0 Å². The maximum Gasteiger partial charge on any atom is 0.203 e. The van der Waals surface area contributed by atoms with Gasteiger partial charge in [-0.2, -0.15) is 0 Å². The molecule has 99 valence electrons. The lowest BCUT2D eigenvalue weighted by atomic mass is 10.0. The average Bonchev–Trinajstić information content (AvgIpc) is 2.27. The molecule has 1 radical (unpaired) electrons. The van der Waals surface area contributed by atoms with Crippen molar-refractivity contribution in [2.24, 2.45) is 5.92 Å². The predicted molar refractivity (Wildman–Crippen MR) is 72.9 cm³/mol. The standard InChI is InChI=1S/C14H19O3S/c1-14(2,3)18(16,17)11-13(10-15)9-12-7-5-4-6-8-12/h4-8,13H,9,11H2,1-3H3/t13-/m0/s1. The third-order valence-corrected chi connectivity index (χ3v) is 5.55. The molecule has 0 heterocycles. The number of hydrogen-bond donors (Lipinski definition) is 0. The van der Waals surface area contributed by atoms with Gasteiger partial charge in [0.2, 0.25) is 6.29 Å². The Hall–Kier alpha value is -1.16. The van der Waals surface area contributed by atoms with Gasteiger partial charge in [0.05, 0.1) is 10.5 Å². The van der Waals surface area contributed by atoms with E-state index in [9.17, 15) is 13.2 Å². The molecule has 0 bridgehead atoms. The fourth-order valence-electron chi connectivity index (χ4n) is 1.55. The van der Waals surface area contributed by atoms with E-state index >= 15 is 0 Å². The molecule has 1 atom stereocenters. The molecule has 1 rings (SSSR count). The Bertz CT molecular complexity index is 484. The SMILES string of the molecule is CC(C)(C)S(=O)(=O)C[C@H]([C]=O)Cc1ccccc1. The second-order valence-electron chi connectivity index (χ2n) is 5.40. The molecule has 1 aromatic carbocycles. The molecule has 0 aromatic heterocycles. The summed E-state index contributed by atoms with van der Waals surface area (Å²) in [6.45, 7) is 4.94. The van der Waals surface area contributed by atoms with Crippen LogP contribution in [0.3, 0.4) is 0 Å². The number of hydrogen-bond acceptors (Lipinski definition) is 3. The molecule has 1 aromatic rings. The molecule has 0 N–H and O–H groups in total. The second kappa shape index (κ2) is 5.65. The van der Waals surface area contributed by atoms with Crippen LogP contribution in [0.2, 0.25) is 0 Å². The van der Waals surface area contributed by atoms with E-state index in [1.54, 1.807) is 20.8 Å². The summed E-state index contributed by atoms with van der Waals surface area (Å²) in [5.74, 6) is -0.744. The molecule has 0 spiro atoms. The van der Waals surface area contributed by atoms with Gasteiger partial charge in [0.25, 0.3) is 0 Å². The number of carbonyl (C=O) groups excluding carboxylic acids is 1. The monoisotopic (exact) mass is 267 g/mol. The zero-order chi connectivity index (χ0) is 13.8. The largest absolute Gasteiger partial charge is 0.291 e. The van der Waals surface area contributed by atoms with Gasteiger partial charge in [0, 0.05) is 5.92 Å². The van der Waals surface area contributed by atoms with Crippen LogP contribution in [0, 0.1) is 5.92 Å². The van der Waals surface area contributed by atoms with Crippen LogP contribution in [0.25, 0.3) is 0 Å². The highest BCUT2D eigenvalue weighted by atomic mass is 32.2. The third kappa shape index (κ3) is 3.95. The van der Waals surface area contributed by atoms with Crippen LogP contribution in [-0.2, 0) is 21.1 Å². The van der Waals surface area contributed by atoms with Crippen molar-refractivity contribution in [3.63, 3.8) is 0 Å². The van der Waals surface area contributed by atoms with Crippen molar-refractivity contribution in [3.8, 4) is 0 Å². The van der Waals surface area contributed by atoms with Crippen molar-refractivity contribution in [2.45, 2.75) is 31.9 Å². The van der Waals surface area contributed by atoms with Gasteiger partial charge in [-0.15, -0.1) is 0 Å². The minimum atomic E-state index is -3.29. The van der Waals surface area contributed by atoms with Crippen molar-refractivity contribution in [1.82, 2.24) is 0 Å². The average molecular weight is 267 g/mol.